The number of nitrogens with zero attached hydrogens (tertiary/aromatic N) is 2. The zero-order valence-corrected chi connectivity index (χ0v) is 9.31. The molecule has 0 amide bonds. The lowest BCUT2D eigenvalue weighted by Crippen LogP contribution is -2.12. The van der Waals surface area contributed by atoms with Crippen molar-refractivity contribution in [2.75, 3.05) is 0 Å². The summed E-state index contributed by atoms with van der Waals surface area (Å²) >= 11 is 0. The summed E-state index contributed by atoms with van der Waals surface area (Å²) in [5.74, 6) is 1.61. The Morgan fingerprint density at radius 1 is 1.50 bits per heavy atom. The van der Waals surface area contributed by atoms with E-state index in [2.05, 4.69) is 9.38 Å². The van der Waals surface area contributed by atoms with E-state index in [-0.39, 0.29) is 0 Å². The molecule has 2 aromatic rings. The van der Waals surface area contributed by atoms with Gasteiger partial charge in [-0.2, -0.15) is 0 Å². The van der Waals surface area contributed by atoms with Crippen LogP contribution in [0.3, 0.4) is 0 Å². The maximum atomic E-state index is 11.0. The number of aromatic nitrogens is 2. The number of carbonyl (C=O) groups excluding carboxylic acids is 1. The Labute approximate surface area is 94.1 Å². The van der Waals surface area contributed by atoms with Crippen LogP contribution in [-0.4, -0.2) is 15.7 Å². The molecule has 0 aliphatic heterocycles. The second-order valence-corrected chi connectivity index (χ2v) is 4.51. The molecule has 1 fully saturated rings. The van der Waals surface area contributed by atoms with Gasteiger partial charge in [-0.15, -0.1) is 0 Å². The van der Waals surface area contributed by atoms with Crippen LogP contribution >= 0.6 is 0 Å². The SMILES string of the molecule is Cc1cccn2c(C3CCC3)nc(C=O)c12. The molecule has 1 aliphatic carbocycles. The molecular weight excluding hydrogens is 200 g/mol. The first-order valence-electron chi connectivity index (χ1n) is 5.74. The van der Waals surface area contributed by atoms with Crippen molar-refractivity contribution in [3.05, 3.63) is 35.4 Å². The fourth-order valence-corrected chi connectivity index (χ4v) is 2.40. The van der Waals surface area contributed by atoms with Crippen LogP contribution in [0.25, 0.3) is 5.52 Å². The zero-order chi connectivity index (χ0) is 11.1. The summed E-state index contributed by atoms with van der Waals surface area (Å²) in [6, 6.07) is 4.04. The van der Waals surface area contributed by atoms with Crippen molar-refractivity contribution in [3.8, 4) is 0 Å². The van der Waals surface area contributed by atoms with Crippen LogP contribution in [0.4, 0.5) is 0 Å². The Hall–Kier alpha value is -1.64. The van der Waals surface area contributed by atoms with Gasteiger partial charge >= 0.3 is 0 Å². The number of aldehydes is 1. The molecule has 2 aromatic heterocycles. The third-order valence-electron chi connectivity index (χ3n) is 3.50. The monoisotopic (exact) mass is 214 g/mol. The predicted molar refractivity (Wildman–Crippen MR) is 61.9 cm³/mol. The van der Waals surface area contributed by atoms with Gasteiger partial charge in [0.2, 0.25) is 0 Å². The number of pyridine rings is 1. The van der Waals surface area contributed by atoms with Crippen molar-refractivity contribution in [1.82, 2.24) is 9.38 Å². The fourth-order valence-electron chi connectivity index (χ4n) is 2.40. The number of imidazole rings is 1. The summed E-state index contributed by atoms with van der Waals surface area (Å²) in [4.78, 5) is 15.5. The molecule has 3 nitrogen and oxygen atoms in total. The highest BCUT2D eigenvalue weighted by molar-refractivity contribution is 5.85. The van der Waals surface area contributed by atoms with E-state index in [1.165, 1.54) is 19.3 Å². The van der Waals surface area contributed by atoms with Gasteiger partial charge in [-0.3, -0.25) is 4.79 Å². The molecule has 3 heteroatoms. The van der Waals surface area contributed by atoms with Crippen molar-refractivity contribution in [2.45, 2.75) is 32.1 Å². The van der Waals surface area contributed by atoms with Gasteiger partial charge < -0.3 is 4.40 Å². The molecule has 0 aromatic carbocycles. The van der Waals surface area contributed by atoms with Gasteiger partial charge in [0.25, 0.3) is 0 Å². The first-order chi connectivity index (χ1) is 7.81. The normalized spacial score (nSPS) is 16.3. The second kappa shape index (κ2) is 3.44. The number of aryl methyl sites for hydroxylation is 1. The van der Waals surface area contributed by atoms with Crippen molar-refractivity contribution in [2.24, 2.45) is 0 Å². The highest BCUT2D eigenvalue weighted by Gasteiger charge is 2.25. The Morgan fingerprint density at radius 3 is 2.94 bits per heavy atom. The van der Waals surface area contributed by atoms with E-state index >= 15 is 0 Å². The molecule has 2 heterocycles. The van der Waals surface area contributed by atoms with E-state index in [9.17, 15) is 4.79 Å². The average Bonchev–Trinajstić information content (AvgIpc) is 2.56. The number of fused-ring (bicyclic) bond motifs is 1. The largest absolute Gasteiger partial charge is 0.302 e. The molecule has 0 spiro atoms. The summed E-state index contributed by atoms with van der Waals surface area (Å²) < 4.78 is 2.09. The van der Waals surface area contributed by atoms with Gasteiger partial charge in [0.1, 0.15) is 11.5 Å². The number of rotatable bonds is 2. The topological polar surface area (TPSA) is 34.4 Å². The molecule has 1 aliphatic rings. The summed E-state index contributed by atoms with van der Waals surface area (Å²) in [6.45, 7) is 2.02. The molecule has 0 N–H and O–H groups in total. The van der Waals surface area contributed by atoms with Crippen LogP contribution < -0.4 is 0 Å². The summed E-state index contributed by atoms with van der Waals surface area (Å²) in [6.07, 6.45) is 6.55. The zero-order valence-electron chi connectivity index (χ0n) is 9.31. The lowest BCUT2D eigenvalue weighted by Gasteiger charge is -2.23. The standard InChI is InChI=1S/C13H14N2O/c1-9-4-3-7-15-12(9)11(8-16)14-13(15)10-5-2-6-10/h3-4,7-8,10H,2,5-6H2,1H3. The van der Waals surface area contributed by atoms with Crippen molar-refractivity contribution < 1.29 is 4.79 Å². The van der Waals surface area contributed by atoms with Gasteiger partial charge in [-0.05, 0) is 31.4 Å². The third-order valence-corrected chi connectivity index (χ3v) is 3.50. The Balaban J connectivity index is 2.29. The van der Waals surface area contributed by atoms with Crippen molar-refractivity contribution in [1.29, 1.82) is 0 Å². The van der Waals surface area contributed by atoms with Gasteiger partial charge in [0.05, 0.1) is 5.52 Å². The number of carbonyl (C=O) groups is 1. The van der Waals surface area contributed by atoms with Gasteiger partial charge in [-0.25, -0.2) is 4.98 Å². The Bertz CT molecular complexity index is 552. The van der Waals surface area contributed by atoms with E-state index in [0.29, 0.717) is 11.6 Å². The minimum atomic E-state index is 0.544. The van der Waals surface area contributed by atoms with Gasteiger partial charge in [0.15, 0.2) is 6.29 Å². The van der Waals surface area contributed by atoms with Crippen molar-refractivity contribution in [3.63, 3.8) is 0 Å². The lowest BCUT2D eigenvalue weighted by atomic mass is 9.85. The predicted octanol–water partition coefficient (Wildman–Crippen LogP) is 2.72. The van der Waals surface area contributed by atoms with Crippen LogP contribution in [0.1, 0.15) is 47.1 Å². The van der Waals surface area contributed by atoms with E-state index in [1.54, 1.807) is 0 Å². The average molecular weight is 214 g/mol. The van der Waals surface area contributed by atoms with E-state index in [4.69, 9.17) is 0 Å². The highest BCUT2D eigenvalue weighted by atomic mass is 16.1. The van der Waals surface area contributed by atoms with E-state index < -0.39 is 0 Å². The fraction of sp³-hybridized carbons (Fsp3) is 0.385. The van der Waals surface area contributed by atoms with Gasteiger partial charge in [0, 0.05) is 12.1 Å². The summed E-state index contributed by atoms with van der Waals surface area (Å²) in [7, 11) is 0. The van der Waals surface area contributed by atoms with E-state index in [1.807, 2.05) is 25.3 Å². The van der Waals surface area contributed by atoms with Gasteiger partial charge in [-0.1, -0.05) is 12.5 Å². The van der Waals surface area contributed by atoms with Crippen LogP contribution in [0, 0.1) is 6.92 Å². The molecule has 0 atom stereocenters. The molecule has 3 rings (SSSR count). The summed E-state index contributed by atoms with van der Waals surface area (Å²) in [5.41, 5.74) is 2.67. The van der Waals surface area contributed by atoms with Crippen LogP contribution in [0.15, 0.2) is 18.3 Å². The van der Waals surface area contributed by atoms with Crippen LogP contribution in [-0.2, 0) is 0 Å². The third kappa shape index (κ3) is 1.21. The van der Waals surface area contributed by atoms with Crippen LogP contribution in [0.2, 0.25) is 0 Å². The smallest absolute Gasteiger partial charge is 0.170 e. The van der Waals surface area contributed by atoms with Crippen molar-refractivity contribution >= 4 is 11.8 Å². The maximum absolute atomic E-state index is 11.0. The first-order valence-corrected chi connectivity index (χ1v) is 5.74. The molecule has 16 heavy (non-hydrogen) atoms. The number of hydrogen-bond acceptors (Lipinski definition) is 2. The molecule has 82 valence electrons. The lowest BCUT2D eigenvalue weighted by molar-refractivity contribution is 0.112. The molecule has 0 bridgehead atoms. The minimum Gasteiger partial charge on any atom is -0.302 e. The first kappa shape index (κ1) is 9.58. The maximum Gasteiger partial charge on any atom is 0.170 e. The molecule has 0 unspecified atom stereocenters. The van der Waals surface area contributed by atoms with E-state index in [0.717, 1.165) is 23.2 Å². The Morgan fingerprint density at radius 2 is 2.31 bits per heavy atom. The van der Waals surface area contributed by atoms with Crippen LogP contribution in [0.5, 0.6) is 0 Å². The highest BCUT2D eigenvalue weighted by Crippen LogP contribution is 2.36. The summed E-state index contributed by atoms with van der Waals surface area (Å²) in [5, 5.41) is 0. The molecule has 0 radical (unpaired) electrons. The molecule has 1 saturated carbocycles. The number of hydrogen-bond donors (Lipinski definition) is 0. The molecule has 0 saturated heterocycles. The second-order valence-electron chi connectivity index (χ2n) is 4.51. The quantitative estimate of drug-likeness (QED) is 0.720. The molecular formula is C13H14N2O. The minimum absolute atomic E-state index is 0.544. The Kier molecular flexibility index (Phi) is 2.06.